The highest BCUT2D eigenvalue weighted by molar-refractivity contribution is 7.92. The average molecular weight is 418 g/mol. The minimum atomic E-state index is -3.70. The summed E-state index contributed by atoms with van der Waals surface area (Å²) in [5.74, 6) is -0.263. The number of anilines is 1. The predicted molar refractivity (Wildman–Crippen MR) is 118 cm³/mol. The number of carbonyl (C=O) groups is 1. The van der Waals surface area contributed by atoms with Gasteiger partial charge in [-0.15, -0.1) is 0 Å². The Morgan fingerprint density at radius 2 is 1.66 bits per heavy atom. The Bertz CT molecular complexity index is 981. The highest BCUT2D eigenvalue weighted by Crippen LogP contribution is 2.29. The Morgan fingerprint density at radius 3 is 2.17 bits per heavy atom. The van der Waals surface area contributed by atoms with Crippen molar-refractivity contribution in [1.29, 1.82) is 0 Å². The topological polar surface area (TPSA) is 72.5 Å². The molecular formula is C23H31NO4S. The Kier molecular flexibility index (Phi) is 6.78. The van der Waals surface area contributed by atoms with E-state index in [2.05, 4.69) is 26.1 Å². The molecule has 6 heteroatoms. The van der Waals surface area contributed by atoms with Crippen LogP contribution in [0.2, 0.25) is 0 Å². The van der Waals surface area contributed by atoms with Crippen LogP contribution in [0.25, 0.3) is 0 Å². The lowest BCUT2D eigenvalue weighted by Gasteiger charge is -2.23. The zero-order valence-electron chi connectivity index (χ0n) is 18.3. The van der Waals surface area contributed by atoms with Crippen LogP contribution in [-0.2, 0) is 25.8 Å². The van der Waals surface area contributed by atoms with E-state index in [0.29, 0.717) is 11.4 Å². The molecule has 2 aromatic rings. The van der Waals surface area contributed by atoms with Crippen molar-refractivity contribution in [3.63, 3.8) is 0 Å². The van der Waals surface area contributed by atoms with E-state index in [4.69, 9.17) is 4.74 Å². The van der Waals surface area contributed by atoms with E-state index in [1.165, 1.54) is 14.0 Å². The maximum atomic E-state index is 13.0. The molecule has 2 rings (SSSR count). The van der Waals surface area contributed by atoms with E-state index >= 15 is 0 Å². The first kappa shape index (κ1) is 22.9. The maximum Gasteiger partial charge on any atom is 0.242 e. The third-order valence-corrected chi connectivity index (χ3v) is 7.16. The number of hydrogen-bond donors (Lipinski definition) is 1. The van der Waals surface area contributed by atoms with Crippen LogP contribution in [0.1, 0.15) is 49.9 Å². The molecule has 0 saturated heterocycles. The molecule has 0 aliphatic rings. The number of rotatable bonds is 6. The molecule has 1 N–H and O–H groups in total. The Morgan fingerprint density at radius 1 is 1.10 bits per heavy atom. The Labute approximate surface area is 174 Å². The fraction of sp³-hybridized carbons (Fsp3) is 0.435. The smallest absolute Gasteiger partial charge is 0.242 e. The summed E-state index contributed by atoms with van der Waals surface area (Å²) in [5.41, 5.74) is 4.20. The molecule has 1 atom stereocenters. The molecule has 158 valence electrons. The van der Waals surface area contributed by atoms with Crippen molar-refractivity contribution < 1.29 is 17.9 Å². The summed E-state index contributed by atoms with van der Waals surface area (Å²) in [6.07, 6.45) is 0. The van der Waals surface area contributed by atoms with Gasteiger partial charge in [0.25, 0.3) is 0 Å². The molecule has 5 nitrogen and oxygen atoms in total. The zero-order valence-corrected chi connectivity index (χ0v) is 19.1. The lowest BCUT2D eigenvalue weighted by Crippen LogP contribution is -2.33. The number of amides is 1. The van der Waals surface area contributed by atoms with Gasteiger partial charge in [-0.3, -0.25) is 4.79 Å². The number of benzene rings is 2. The molecule has 0 spiro atoms. The fourth-order valence-corrected chi connectivity index (χ4v) is 4.62. The van der Waals surface area contributed by atoms with E-state index in [-0.39, 0.29) is 11.2 Å². The van der Waals surface area contributed by atoms with E-state index in [9.17, 15) is 13.2 Å². The van der Waals surface area contributed by atoms with Gasteiger partial charge in [-0.2, -0.15) is 0 Å². The Balaban J connectivity index is 2.26. The van der Waals surface area contributed by atoms with Crippen LogP contribution in [0.15, 0.2) is 36.4 Å². The van der Waals surface area contributed by atoms with Crippen LogP contribution in [0, 0.1) is 13.8 Å². The average Bonchev–Trinajstić information content (AvgIpc) is 2.63. The van der Waals surface area contributed by atoms with Crippen LogP contribution >= 0.6 is 0 Å². The van der Waals surface area contributed by atoms with Gasteiger partial charge in [0.05, 0.1) is 18.6 Å². The number of methoxy groups -OCH3 is 1. The second-order valence-electron chi connectivity index (χ2n) is 8.48. The SMILES string of the molecule is COc1ccccc1NC(=O)C(C)S(=O)(=O)Cc1c(C)cc(C(C)(C)C)cc1C. The van der Waals surface area contributed by atoms with Crippen molar-refractivity contribution in [3.8, 4) is 5.75 Å². The predicted octanol–water partition coefficient (Wildman–Crippen LogP) is 4.55. The first-order valence-electron chi connectivity index (χ1n) is 9.63. The van der Waals surface area contributed by atoms with Gasteiger partial charge in [0, 0.05) is 0 Å². The molecule has 1 unspecified atom stereocenters. The molecule has 0 bridgehead atoms. The van der Waals surface area contributed by atoms with Crippen LogP contribution in [0.5, 0.6) is 5.75 Å². The summed E-state index contributed by atoms with van der Waals surface area (Å²) in [7, 11) is -2.20. The molecule has 29 heavy (non-hydrogen) atoms. The maximum absolute atomic E-state index is 13.0. The Hall–Kier alpha value is -2.34. The van der Waals surface area contributed by atoms with Crippen LogP contribution < -0.4 is 10.1 Å². The first-order valence-corrected chi connectivity index (χ1v) is 11.3. The van der Waals surface area contributed by atoms with E-state index < -0.39 is 21.0 Å². The highest BCUT2D eigenvalue weighted by atomic mass is 32.2. The van der Waals surface area contributed by atoms with Gasteiger partial charge >= 0.3 is 0 Å². The van der Waals surface area contributed by atoms with Crippen molar-refractivity contribution in [2.75, 3.05) is 12.4 Å². The summed E-state index contributed by atoms with van der Waals surface area (Å²) in [4.78, 5) is 12.6. The van der Waals surface area contributed by atoms with Crippen molar-refractivity contribution in [2.24, 2.45) is 0 Å². The molecule has 0 radical (unpaired) electrons. The van der Waals surface area contributed by atoms with E-state index in [1.54, 1.807) is 24.3 Å². The van der Waals surface area contributed by atoms with Crippen molar-refractivity contribution in [2.45, 2.75) is 58.0 Å². The number of carbonyl (C=O) groups excluding carboxylic acids is 1. The van der Waals surface area contributed by atoms with Crippen LogP contribution in [0.4, 0.5) is 5.69 Å². The van der Waals surface area contributed by atoms with Crippen LogP contribution in [0.3, 0.4) is 0 Å². The highest BCUT2D eigenvalue weighted by Gasteiger charge is 2.30. The minimum absolute atomic E-state index is 0.0190. The molecule has 0 aromatic heterocycles. The number of aryl methyl sites for hydroxylation is 2. The number of para-hydroxylation sites is 2. The lowest BCUT2D eigenvalue weighted by molar-refractivity contribution is -0.115. The second-order valence-corrected chi connectivity index (χ2v) is 10.8. The van der Waals surface area contributed by atoms with E-state index in [1.807, 2.05) is 26.0 Å². The molecule has 0 fully saturated rings. The zero-order chi connectivity index (χ0) is 22.0. The number of hydrogen-bond acceptors (Lipinski definition) is 4. The van der Waals surface area contributed by atoms with Gasteiger partial charge in [-0.1, -0.05) is 45.0 Å². The van der Waals surface area contributed by atoms with Gasteiger partial charge in [0.1, 0.15) is 11.0 Å². The van der Waals surface area contributed by atoms with Crippen LogP contribution in [-0.4, -0.2) is 26.7 Å². The fourth-order valence-electron chi connectivity index (χ4n) is 3.13. The van der Waals surface area contributed by atoms with Gasteiger partial charge in [0.15, 0.2) is 9.84 Å². The standard InChI is InChI=1S/C23H31NO4S/c1-15-12-18(23(4,5)6)13-16(2)19(15)14-29(26,27)17(3)22(25)24-20-10-8-9-11-21(20)28-7/h8-13,17H,14H2,1-7H3,(H,24,25). The van der Waals surface area contributed by atoms with Crippen molar-refractivity contribution in [3.05, 3.63) is 58.7 Å². The summed E-state index contributed by atoms with van der Waals surface area (Å²) in [6, 6.07) is 11.0. The number of nitrogens with one attached hydrogen (secondary N) is 1. The molecular weight excluding hydrogens is 386 g/mol. The summed E-state index contributed by atoms with van der Waals surface area (Å²) >= 11 is 0. The third kappa shape index (κ3) is 5.38. The third-order valence-electron chi connectivity index (χ3n) is 5.18. The molecule has 0 aliphatic heterocycles. The minimum Gasteiger partial charge on any atom is -0.495 e. The van der Waals surface area contributed by atoms with Gasteiger partial charge in [-0.25, -0.2) is 8.42 Å². The number of sulfone groups is 1. The van der Waals surface area contributed by atoms with Crippen molar-refractivity contribution in [1.82, 2.24) is 0 Å². The molecule has 0 saturated carbocycles. The molecule has 2 aromatic carbocycles. The lowest BCUT2D eigenvalue weighted by atomic mass is 9.84. The van der Waals surface area contributed by atoms with Crippen molar-refractivity contribution >= 4 is 21.4 Å². The molecule has 1 amide bonds. The summed E-state index contributed by atoms with van der Waals surface area (Å²) < 4.78 is 31.2. The summed E-state index contributed by atoms with van der Waals surface area (Å²) in [5, 5.41) is 1.48. The second kappa shape index (κ2) is 8.57. The largest absolute Gasteiger partial charge is 0.495 e. The summed E-state index contributed by atoms with van der Waals surface area (Å²) in [6.45, 7) is 11.7. The quantitative estimate of drug-likeness (QED) is 0.748. The molecule has 0 aliphatic carbocycles. The van der Waals surface area contributed by atoms with Gasteiger partial charge < -0.3 is 10.1 Å². The van der Waals surface area contributed by atoms with Gasteiger partial charge in [-0.05, 0) is 60.6 Å². The monoisotopic (exact) mass is 417 g/mol. The normalized spacial score (nSPS) is 13.1. The number of ether oxygens (including phenoxy) is 1. The van der Waals surface area contributed by atoms with E-state index in [0.717, 1.165) is 22.3 Å². The molecule has 0 heterocycles. The van der Waals surface area contributed by atoms with Gasteiger partial charge in [0.2, 0.25) is 5.91 Å². The first-order chi connectivity index (χ1) is 13.4.